The molecule has 4 atom stereocenters. The van der Waals surface area contributed by atoms with Crippen LogP contribution in [0.3, 0.4) is 0 Å². The first-order valence-corrected chi connectivity index (χ1v) is 9.07. The van der Waals surface area contributed by atoms with E-state index < -0.39 is 42.5 Å². The maximum atomic E-state index is 14.3. The number of carbonyl (C=O) groups excluding carboxylic acids is 1. The molecule has 0 radical (unpaired) electrons. The second-order valence-electron chi connectivity index (χ2n) is 6.71. The van der Waals surface area contributed by atoms with E-state index in [-0.39, 0.29) is 24.3 Å². The number of aliphatic hydroxyl groups excluding tert-OH is 2. The molecule has 11 nitrogen and oxygen atoms in total. The van der Waals surface area contributed by atoms with Crippen molar-refractivity contribution in [3.05, 3.63) is 50.8 Å². The first-order valence-electron chi connectivity index (χ1n) is 9.07. The van der Waals surface area contributed by atoms with Crippen LogP contribution in [0.4, 0.5) is 4.39 Å². The van der Waals surface area contributed by atoms with Gasteiger partial charge in [-0.05, 0) is 12.8 Å². The summed E-state index contributed by atoms with van der Waals surface area (Å²) in [5, 5.41) is 21.6. The molecule has 158 valence electrons. The van der Waals surface area contributed by atoms with E-state index in [1.165, 1.54) is 12.5 Å². The smallest absolute Gasteiger partial charge is 0.330 e. The fourth-order valence-electron chi connectivity index (χ4n) is 3.10. The predicted octanol–water partition coefficient (Wildman–Crippen LogP) is -1.86. The number of nitrogens with one attached hydrogen (secondary N) is 3. The van der Waals surface area contributed by atoms with Crippen LogP contribution in [0.15, 0.2) is 28.3 Å². The molecule has 3 heterocycles. The molecule has 5 N–H and O–H groups in total. The molecular formula is C17H22FN5O6. The lowest BCUT2D eigenvalue weighted by molar-refractivity contribution is -0.120. The number of alkyl halides is 1. The van der Waals surface area contributed by atoms with Gasteiger partial charge >= 0.3 is 5.69 Å². The highest BCUT2D eigenvalue weighted by Crippen LogP contribution is 2.30. The van der Waals surface area contributed by atoms with Crippen LogP contribution in [0.25, 0.3) is 0 Å². The van der Waals surface area contributed by atoms with Gasteiger partial charge < -0.3 is 25.3 Å². The minimum absolute atomic E-state index is 0.150. The van der Waals surface area contributed by atoms with Crippen molar-refractivity contribution in [2.45, 2.75) is 43.9 Å². The van der Waals surface area contributed by atoms with E-state index >= 15 is 0 Å². The van der Waals surface area contributed by atoms with Crippen LogP contribution < -0.4 is 16.6 Å². The molecule has 1 fully saturated rings. The Bertz CT molecular complexity index is 943. The summed E-state index contributed by atoms with van der Waals surface area (Å²) in [6.45, 7) is -0.316. The molecule has 0 spiro atoms. The third-order valence-corrected chi connectivity index (χ3v) is 4.64. The lowest BCUT2D eigenvalue weighted by Crippen LogP contribution is -2.37. The summed E-state index contributed by atoms with van der Waals surface area (Å²) in [5.41, 5.74) is -0.635. The van der Waals surface area contributed by atoms with Gasteiger partial charge in [0.05, 0.1) is 19.4 Å². The molecule has 1 saturated heterocycles. The lowest BCUT2D eigenvalue weighted by Gasteiger charge is -2.16. The van der Waals surface area contributed by atoms with E-state index in [1.807, 2.05) is 0 Å². The second kappa shape index (κ2) is 9.11. The number of nitrogens with zero attached hydrogens (tertiary/aromatic N) is 2. The Morgan fingerprint density at radius 1 is 1.41 bits per heavy atom. The van der Waals surface area contributed by atoms with Crippen molar-refractivity contribution >= 4 is 5.91 Å². The Balaban J connectivity index is 1.60. The number of imidazole rings is 1. The van der Waals surface area contributed by atoms with Gasteiger partial charge in [-0.15, -0.1) is 0 Å². The van der Waals surface area contributed by atoms with Gasteiger partial charge in [-0.25, -0.2) is 14.2 Å². The first kappa shape index (κ1) is 20.9. The van der Waals surface area contributed by atoms with Crippen molar-refractivity contribution in [3.8, 4) is 0 Å². The monoisotopic (exact) mass is 411 g/mol. The zero-order valence-electron chi connectivity index (χ0n) is 15.4. The normalized spacial score (nSPS) is 24.0. The number of aromatic nitrogens is 4. The molecular weight excluding hydrogens is 389 g/mol. The molecule has 0 aromatic carbocycles. The van der Waals surface area contributed by atoms with Gasteiger partial charge in [-0.2, -0.15) is 0 Å². The van der Waals surface area contributed by atoms with Crippen molar-refractivity contribution in [2.24, 2.45) is 0 Å². The Morgan fingerprint density at radius 2 is 2.21 bits per heavy atom. The number of hydrogen-bond donors (Lipinski definition) is 5. The molecule has 12 heteroatoms. The topological polar surface area (TPSA) is 162 Å². The van der Waals surface area contributed by atoms with Crippen LogP contribution in [-0.4, -0.2) is 67.2 Å². The molecule has 1 unspecified atom stereocenters. The van der Waals surface area contributed by atoms with Gasteiger partial charge in [0.2, 0.25) is 5.91 Å². The summed E-state index contributed by atoms with van der Waals surface area (Å²) in [4.78, 5) is 44.6. The van der Waals surface area contributed by atoms with E-state index in [4.69, 9.17) is 9.84 Å². The number of rotatable bonds is 8. The zero-order valence-corrected chi connectivity index (χ0v) is 15.4. The molecule has 0 aliphatic carbocycles. The number of hydrogen-bond acceptors (Lipinski definition) is 7. The van der Waals surface area contributed by atoms with Crippen molar-refractivity contribution in [3.63, 3.8) is 0 Å². The van der Waals surface area contributed by atoms with Crippen LogP contribution in [0, 0.1) is 0 Å². The van der Waals surface area contributed by atoms with E-state index in [2.05, 4.69) is 20.3 Å². The lowest BCUT2D eigenvalue weighted by atomic mass is 10.1. The highest BCUT2D eigenvalue weighted by Gasteiger charge is 2.45. The Kier molecular flexibility index (Phi) is 6.56. The van der Waals surface area contributed by atoms with Crippen LogP contribution in [0.1, 0.15) is 23.9 Å². The molecule has 29 heavy (non-hydrogen) atoms. The average Bonchev–Trinajstić information content (AvgIpc) is 3.29. The van der Waals surface area contributed by atoms with Crippen LogP contribution >= 0.6 is 0 Å². The summed E-state index contributed by atoms with van der Waals surface area (Å²) in [6.07, 6.45) is -1.18. The van der Waals surface area contributed by atoms with Gasteiger partial charge in [-0.3, -0.25) is 19.1 Å². The van der Waals surface area contributed by atoms with Crippen LogP contribution in [0.2, 0.25) is 0 Å². The van der Waals surface area contributed by atoms with Crippen molar-refractivity contribution in [1.82, 2.24) is 24.8 Å². The van der Waals surface area contributed by atoms with Gasteiger partial charge in [0.25, 0.3) is 5.56 Å². The quantitative estimate of drug-likeness (QED) is 0.318. The maximum Gasteiger partial charge on any atom is 0.330 e. The summed E-state index contributed by atoms with van der Waals surface area (Å²) < 4.78 is 20.3. The number of aromatic amines is 2. The number of H-pyrrole nitrogens is 2. The van der Waals surface area contributed by atoms with Gasteiger partial charge in [0, 0.05) is 30.2 Å². The fourth-order valence-corrected chi connectivity index (χ4v) is 3.10. The second-order valence-corrected chi connectivity index (χ2v) is 6.71. The molecule has 3 rings (SSSR count). The number of carbonyl (C=O) groups is 1. The Hall–Kier alpha value is -2.83. The minimum atomic E-state index is -1.94. The van der Waals surface area contributed by atoms with E-state index in [0.717, 1.165) is 4.57 Å². The molecule has 0 bridgehead atoms. The molecule has 1 aliphatic rings. The largest absolute Gasteiger partial charge is 0.394 e. The molecule has 2 aromatic heterocycles. The standard InChI is InChI=1S/C17H22FN5O6/c18-13-14(26)11(7-24)29-16(13)23-6-9(15(27)22-17(23)28)2-1-3-20-12(25)4-10-5-19-8-21-10/h5-6,8,11,13-14,16,24,26H,1-4,7H2,(H,19,21)(H,20,25)(H,22,27,28)/t11-,13?,14+,16-/m1/s1. The van der Waals surface area contributed by atoms with Crippen molar-refractivity contribution < 1.29 is 24.1 Å². The van der Waals surface area contributed by atoms with Crippen LogP contribution in [-0.2, 0) is 22.4 Å². The Labute approximate surface area is 163 Å². The summed E-state index contributed by atoms with van der Waals surface area (Å²) in [7, 11) is 0. The van der Waals surface area contributed by atoms with Crippen LogP contribution in [0.5, 0.6) is 0 Å². The number of amides is 1. The average molecular weight is 411 g/mol. The molecule has 1 amide bonds. The number of ether oxygens (including phenoxy) is 1. The van der Waals surface area contributed by atoms with Crippen molar-refractivity contribution in [2.75, 3.05) is 13.2 Å². The van der Waals surface area contributed by atoms with E-state index in [0.29, 0.717) is 18.7 Å². The van der Waals surface area contributed by atoms with Gasteiger partial charge in [-0.1, -0.05) is 0 Å². The third-order valence-electron chi connectivity index (χ3n) is 4.64. The van der Waals surface area contributed by atoms with Gasteiger partial charge in [0.15, 0.2) is 12.4 Å². The summed E-state index contributed by atoms with van der Waals surface area (Å²) in [6, 6.07) is 0. The zero-order chi connectivity index (χ0) is 21.0. The third kappa shape index (κ3) is 4.78. The highest BCUT2D eigenvalue weighted by atomic mass is 19.1. The van der Waals surface area contributed by atoms with Crippen molar-refractivity contribution in [1.29, 1.82) is 0 Å². The number of halogens is 1. The minimum Gasteiger partial charge on any atom is -0.394 e. The number of aliphatic hydroxyl groups is 2. The molecule has 0 saturated carbocycles. The summed E-state index contributed by atoms with van der Waals surface area (Å²) in [5.74, 6) is -0.211. The first-order chi connectivity index (χ1) is 13.9. The van der Waals surface area contributed by atoms with Gasteiger partial charge in [0.1, 0.15) is 12.2 Å². The number of aryl methyl sites for hydroxylation is 1. The fraction of sp³-hybridized carbons (Fsp3) is 0.529. The molecule has 1 aliphatic heterocycles. The maximum absolute atomic E-state index is 14.3. The molecule has 2 aromatic rings. The Morgan fingerprint density at radius 3 is 2.86 bits per heavy atom. The van der Waals surface area contributed by atoms with E-state index in [9.17, 15) is 23.9 Å². The van der Waals surface area contributed by atoms with E-state index in [1.54, 1.807) is 6.20 Å². The predicted molar refractivity (Wildman–Crippen MR) is 96.8 cm³/mol. The highest BCUT2D eigenvalue weighted by molar-refractivity contribution is 5.77. The summed E-state index contributed by atoms with van der Waals surface area (Å²) >= 11 is 0. The SMILES string of the molecule is O=C(Cc1cnc[nH]1)NCCCc1cn([C@@H]2O[C@H](CO)[C@H](O)C2F)c(=O)[nH]c1=O.